The first-order valence-electron chi connectivity index (χ1n) is 5.94. The molecule has 6 heteroatoms. The first-order valence-corrected chi connectivity index (χ1v) is 7.55. The van der Waals surface area contributed by atoms with E-state index in [0.717, 1.165) is 19.8 Å². The molecule has 0 fully saturated rings. The summed E-state index contributed by atoms with van der Waals surface area (Å²) in [5, 5.41) is 10.6. The number of nitrogens with zero attached hydrogens (tertiary/aromatic N) is 1. The molecule has 0 saturated carbocycles. The summed E-state index contributed by atoms with van der Waals surface area (Å²) in [5.74, 6) is 0. The molecular formula is C14H13BrN2O2S. The predicted octanol–water partition coefficient (Wildman–Crippen LogP) is 4.53. The van der Waals surface area contributed by atoms with Crippen LogP contribution in [0.2, 0.25) is 0 Å². The maximum Gasteiger partial charge on any atom is 0.269 e. The van der Waals surface area contributed by atoms with Crippen LogP contribution in [-0.4, -0.2) is 4.92 Å². The third-order valence-electron chi connectivity index (χ3n) is 2.76. The lowest BCUT2D eigenvalue weighted by atomic mass is 10.1. The molecule has 0 amide bonds. The minimum Gasteiger partial charge on any atom is -0.324 e. The van der Waals surface area contributed by atoms with Crippen LogP contribution in [-0.2, 0) is 0 Å². The average Bonchev–Trinajstić information content (AvgIpc) is 2.41. The molecule has 0 radical (unpaired) electrons. The van der Waals surface area contributed by atoms with Gasteiger partial charge >= 0.3 is 0 Å². The molecule has 2 rings (SSSR count). The second-order valence-corrected chi connectivity index (χ2v) is 6.30. The second-order valence-electron chi connectivity index (χ2n) is 4.33. The Bertz CT molecular complexity index is 630. The van der Waals surface area contributed by atoms with Crippen LogP contribution in [0.25, 0.3) is 0 Å². The summed E-state index contributed by atoms with van der Waals surface area (Å²) in [6.07, 6.45) is 0. The van der Waals surface area contributed by atoms with Gasteiger partial charge in [0.1, 0.15) is 0 Å². The Kier molecular flexibility index (Phi) is 4.80. The molecule has 0 bridgehead atoms. The van der Waals surface area contributed by atoms with Gasteiger partial charge in [0, 0.05) is 32.4 Å². The zero-order valence-corrected chi connectivity index (χ0v) is 13.1. The Morgan fingerprint density at radius 3 is 2.40 bits per heavy atom. The van der Waals surface area contributed by atoms with Crippen LogP contribution < -0.4 is 5.73 Å². The fourth-order valence-corrected chi connectivity index (χ4v) is 3.10. The quantitative estimate of drug-likeness (QED) is 0.648. The van der Waals surface area contributed by atoms with Crippen molar-refractivity contribution in [2.24, 2.45) is 5.73 Å². The molecule has 104 valence electrons. The van der Waals surface area contributed by atoms with Crippen LogP contribution in [0.5, 0.6) is 0 Å². The number of nitro groups is 1. The van der Waals surface area contributed by atoms with E-state index >= 15 is 0 Å². The molecule has 2 aromatic carbocycles. The van der Waals surface area contributed by atoms with E-state index in [9.17, 15) is 10.1 Å². The molecule has 20 heavy (non-hydrogen) atoms. The van der Waals surface area contributed by atoms with Gasteiger partial charge in [0.05, 0.1) is 4.92 Å². The summed E-state index contributed by atoms with van der Waals surface area (Å²) in [6, 6.07) is 12.5. The second kappa shape index (κ2) is 6.39. The fourth-order valence-electron chi connectivity index (χ4n) is 1.65. The minimum absolute atomic E-state index is 0.00951. The van der Waals surface area contributed by atoms with Gasteiger partial charge in [0.25, 0.3) is 5.69 Å². The van der Waals surface area contributed by atoms with Gasteiger partial charge in [-0.15, -0.1) is 0 Å². The predicted molar refractivity (Wildman–Crippen MR) is 84.0 cm³/mol. The van der Waals surface area contributed by atoms with Crippen LogP contribution in [0, 0.1) is 10.1 Å². The van der Waals surface area contributed by atoms with Crippen LogP contribution in [0.4, 0.5) is 5.69 Å². The van der Waals surface area contributed by atoms with Gasteiger partial charge in [-0.2, -0.15) is 0 Å². The molecular weight excluding hydrogens is 340 g/mol. The molecule has 0 spiro atoms. The van der Waals surface area contributed by atoms with Crippen molar-refractivity contribution in [2.45, 2.75) is 22.8 Å². The number of benzene rings is 2. The minimum atomic E-state index is -0.401. The van der Waals surface area contributed by atoms with E-state index < -0.39 is 4.92 Å². The van der Waals surface area contributed by atoms with Gasteiger partial charge in [-0.05, 0) is 52.7 Å². The Hall–Kier alpha value is -1.37. The lowest BCUT2D eigenvalue weighted by molar-refractivity contribution is -0.384. The summed E-state index contributed by atoms with van der Waals surface area (Å²) in [5.41, 5.74) is 7.00. The largest absolute Gasteiger partial charge is 0.324 e. The smallest absolute Gasteiger partial charge is 0.269 e. The number of rotatable bonds is 4. The highest BCUT2D eigenvalue weighted by molar-refractivity contribution is 9.10. The van der Waals surface area contributed by atoms with Gasteiger partial charge in [-0.3, -0.25) is 10.1 Å². The highest BCUT2D eigenvalue weighted by Gasteiger charge is 2.08. The molecule has 4 nitrogen and oxygen atoms in total. The Morgan fingerprint density at radius 2 is 1.90 bits per heavy atom. The Labute approximate surface area is 129 Å². The number of hydrogen-bond donors (Lipinski definition) is 1. The first kappa shape index (κ1) is 15.0. The Balaban J connectivity index is 2.19. The summed E-state index contributed by atoms with van der Waals surface area (Å²) in [7, 11) is 0. The van der Waals surface area contributed by atoms with Gasteiger partial charge in [0.2, 0.25) is 0 Å². The van der Waals surface area contributed by atoms with Gasteiger partial charge in [-0.25, -0.2) is 0 Å². The number of hydrogen-bond acceptors (Lipinski definition) is 4. The molecule has 0 aromatic heterocycles. The molecule has 0 saturated heterocycles. The maximum atomic E-state index is 10.6. The van der Waals surface area contributed by atoms with Crippen molar-refractivity contribution in [3.63, 3.8) is 0 Å². The average molecular weight is 353 g/mol. The van der Waals surface area contributed by atoms with E-state index in [0.29, 0.717) is 0 Å². The van der Waals surface area contributed by atoms with E-state index in [1.807, 2.05) is 25.1 Å². The summed E-state index contributed by atoms with van der Waals surface area (Å²) in [6.45, 7) is 1.94. The molecule has 0 aliphatic rings. The van der Waals surface area contributed by atoms with Gasteiger partial charge in [-0.1, -0.05) is 17.8 Å². The monoisotopic (exact) mass is 352 g/mol. The van der Waals surface area contributed by atoms with Crippen molar-refractivity contribution in [3.05, 3.63) is 62.6 Å². The molecule has 2 N–H and O–H groups in total. The Morgan fingerprint density at radius 1 is 1.25 bits per heavy atom. The van der Waals surface area contributed by atoms with Crippen molar-refractivity contribution in [3.8, 4) is 0 Å². The first-order chi connectivity index (χ1) is 9.47. The van der Waals surface area contributed by atoms with E-state index in [1.165, 1.54) is 12.1 Å². The van der Waals surface area contributed by atoms with Crippen molar-refractivity contribution in [1.82, 2.24) is 0 Å². The van der Waals surface area contributed by atoms with Gasteiger partial charge < -0.3 is 5.73 Å². The third-order valence-corrected chi connectivity index (χ3v) is 4.76. The number of non-ortho nitro benzene ring substituents is 1. The van der Waals surface area contributed by atoms with E-state index in [1.54, 1.807) is 23.9 Å². The van der Waals surface area contributed by atoms with Crippen LogP contribution >= 0.6 is 27.7 Å². The van der Waals surface area contributed by atoms with E-state index in [2.05, 4.69) is 15.9 Å². The summed E-state index contributed by atoms with van der Waals surface area (Å²) < 4.78 is 0.968. The third kappa shape index (κ3) is 3.59. The van der Waals surface area contributed by atoms with Crippen molar-refractivity contribution in [2.75, 3.05) is 0 Å². The topological polar surface area (TPSA) is 69.2 Å². The lowest BCUT2D eigenvalue weighted by Gasteiger charge is -2.09. The van der Waals surface area contributed by atoms with E-state index in [4.69, 9.17) is 5.73 Å². The molecule has 0 aliphatic carbocycles. The van der Waals surface area contributed by atoms with Crippen LogP contribution in [0.15, 0.2) is 56.7 Å². The van der Waals surface area contributed by atoms with Crippen LogP contribution in [0.1, 0.15) is 18.5 Å². The molecule has 2 aromatic rings. The van der Waals surface area contributed by atoms with Crippen molar-refractivity contribution >= 4 is 33.4 Å². The van der Waals surface area contributed by atoms with E-state index in [-0.39, 0.29) is 11.7 Å². The van der Waals surface area contributed by atoms with Crippen LogP contribution in [0.3, 0.4) is 0 Å². The number of nitro benzene ring substituents is 1. The van der Waals surface area contributed by atoms with Crippen molar-refractivity contribution < 1.29 is 4.92 Å². The molecule has 0 heterocycles. The SMILES string of the molecule is CC(N)c1ccc(Sc2ccc([N+](=O)[O-])cc2)c(Br)c1. The number of nitrogens with two attached hydrogens (primary N) is 1. The standard InChI is InChI=1S/C14H13BrN2O2S/c1-9(16)10-2-7-14(13(15)8-10)20-12-5-3-11(4-6-12)17(18)19/h2-9H,16H2,1H3. The fraction of sp³-hybridized carbons (Fsp3) is 0.143. The summed E-state index contributed by atoms with van der Waals surface area (Å²) >= 11 is 5.07. The highest BCUT2D eigenvalue weighted by atomic mass is 79.9. The lowest BCUT2D eigenvalue weighted by Crippen LogP contribution is -2.04. The zero-order chi connectivity index (χ0) is 14.7. The van der Waals surface area contributed by atoms with Crippen molar-refractivity contribution in [1.29, 1.82) is 0 Å². The van der Waals surface area contributed by atoms with Gasteiger partial charge in [0.15, 0.2) is 0 Å². The molecule has 1 atom stereocenters. The number of halogens is 1. The summed E-state index contributed by atoms with van der Waals surface area (Å²) in [4.78, 5) is 12.2. The highest BCUT2D eigenvalue weighted by Crippen LogP contribution is 2.35. The molecule has 0 aliphatic heterocycles. The molecule has 1 unspecified atom stereocenters. The maximum absolute atomic E-state index is 10.6. The normalized spacial score (nSPS) is 12.2. The zero-order valence-electron chi connectivity index (χ0n) is 10.7.